The second-order valence-corrected chi connectivity index (χ2v) is 6.63. The second kappa shape index (κ2) is 7.40. The number of fused-ring (bicyclic) bond motifs is 1. The van der Waals surface area contributed by atoms with E-state index < -0.39 is 11.1 Å². The number of carbonyl (C=O) groups excluding carboxylic acids is 1. The molecule has 0 spiro atoms. The Morgan fingerprint density at radius 3 is 2.57 bits per heavy atom. The van der Waals surface area contributed by atoms with Gasteiger partial charge in [-0.3, -0.25) is 19.5 Å². The number of aromatic amines is 1. The summed E-state index contributed by atoms with van der Waals surface area (Å²) in [7, 11) is 0. The van der Waals surface area contributed by atoms with Crippen LogP contribution in [0, 0.1) is 5.82 Å². The van der Waals surface area contributed by atoms with Crippen LogP contribution in [0.3, 0.4) is 0 Å². The third kappa shape index (κ3) is 3.46. The van der Waals surface area contributed by atoms with Crippen molar-refractivity contribution < 1.29 is 13.9 Å². The van der Waals surface area contributed by atoms with E-state index in [4.69, 9.17) is 4.74 Å². The summed E-state index contributed by atoms with van der Waals surface area (Å²) in [6, 6.07) is 12.4. The molecule has 2 heterocycles. The first-order chi connectivity index (χ1) is 13.5. The van der Waals surface area contributed by atoms with Gasteiger partial charge in [0.2, 0.25) is 5.91 Å². The van der Waals surface area contributed by atoms with Gasteiger partial charge in [-0.1, -0.05) is 24.3 Å². The number of benzene rings is 2. The second-order valence-electron chi connectivity index (χ2n) is 6.63. The van der Waals surface area contributed by atoms with Gasteiger partial charge in [0.05, 0.1) is 23.9 Å². The van der Waals surface area contributed by atoms with Crippen molar-refractivity contribution in [1.82, 2.24) is 14.7 Å². The number of carbonyl (C=O) groups is 1. The molecule has 0 bridgehead atoms. The molecule has 1 aromatic heterocycles. The average molecular weight is 383 g/mol. The number of aromatic nitrogens is 2. The van der Waals surface area contributed by atoms with Gasteiger partial charge < -0.3 is 9.64 Å². The predicted octanol–water partition coefficient (Wildman–Crippen LogP) is 1.43. The van der Waals surface area contributed by atoms with Gasteiger partial charge >= 0.3 is 0 Å². The molecule has 1 unspecified atom stereocenters. The lowest BCUT2D eigenvalue weighted by atomic mass is 10.1. The predicted molar refractivity (Wildman–Crippen MR) is 101 cm³/mol. The van der Waals surface area contributed by atoms with Crippen molar-refractivity contribution in [2.45, 2.75) is 12.6 Å². The number of ether oxygens (including phenoxy) is 1. The highest BCUT2D eigenvalue weighted by Crippen LogP contribution is 2.22. The Kier molecular flexibility index (Phi) is 4.79. The number of halogens is 1. The fraction of sp³-hybridized carbons (Fsp3) is 0.250. The highest BCUT2D eigenvalue weighted by Gasteiger charge is 2.26. The molecule has 1 amide bonds. The Balaban J connectivity index is 1.54. The Hall–Kier alpha value is -3.26. The van der Waals surface area contributed by atoms with E-state index in [0.29, 0.717) is 18.5 Å². The number of nitrogens with zero attached hydrogens (tertiary/aromatic N) is 2. The van der Waals surface area contributed by atoms with Crippen LogP contribution in [0.1, 0.15) is 11.7 Å². The molecule has 7 nitrogen and oxygen atoms in total. The van der Waals surface area contributed by atoms with E-state index in [2.05, 4.69) is 5.10 Å². The monoisotopic (exact) mass is 383 g/mol. The summed E-state index contributed by atoms with van der Waals surface area (Å²) in [5.74, 6) is -0.643. The van der Waals surface area contributed by atoms with Crippen molar-refractivity contribution in [3.63, 3.8) is 0 Å². The zero-order valence-electron chi connectivity index (χ0n) is 14.9. The van der Waals surface area contributed by atoms with Crippen LogP contribution in [0.4, 0.5) is 4.39 Å². The van der Waals surface area contributed by atoms with Crippen molar-refractivity contribution in [2.75, 3.05) is 19.7 Å². The van der Waals surface area contributed by atoms with Crippen molar-refractivity contribution in [2.24, 2.45) is 0 Å². The van der Waals surface area contributed by atoms with Crippen molar-refractivity contribution in [1.29, 1.82) is 0 Å². The highest BCUT2D eigenvalue weighted by molar-refractivity contribution is 5.81. The highest BCUT2D eigenvalue weighted by atomic mass is 19.1. The summed E-state index contributed by atoms with van der Waals surface area (Å²) in [5.41, 5.74) is -0.0729. The molecule has 0 radical (unpaired) electrons. The molecule has 28 heavy (non-hydrogen) atoms. The third-order valence-corrected chi connectivity index (χ3v) is 4.84. The first-order valence-electron chi connectivity index (χ1n) is 8.89. The first kappa shape index (κ1) is 18.1. The number of hydrogen-bond acceptors (Lipinski definition) is 4. The Labute approximate surface area is 158 Å². The summed E-state index contributed by atoms with van der Waals surface area (Å²) >= 11 is 0. The molecule has 1 atom stereocenters. The number of hydrogen-bond donors (Lipinski definition) is 1. The lowest BCUT2D eigenvalue weighted by Gasteiger charge is -2.33. The standard InChI is InChI=1S/C20H18FN3O4/c21-14-7-5-13(6-8-14)17-11-23(9-10-28-17)18(25)12-24-20(27)16-4-2-1-3-15(16)19(26)22-24/h1-8,17H,9-12H2,(H,22,26). The van der Waals surface area contributed by atoms with Gasteiger partial charge in [-0.15, -0.1) is 0 Å². The van der Waals surface area contributed by atoms with Gasteiger partial charge in [0.1, 0.15) is 18.5 Å². The maximum Gasteiger partial charge on any atom is 0.273 e. The van der Waals surface area contributed by atoms with Gasteiger partial charge in [0.15, 0.2) is 0 Å². The molecule has 1 aliphatic rings. The van der Waals surface area contributed by atoms with Gasteiger partial charge in [0.25, 0.3) is 11.1 Å². The topological polar surface area (TPSA) is 84.4 Å². The minimum absolute atomic E-state index is 0.269. The van der Waals surface area contributed by atoms with Crippen LogP contribution in [0.5, 0.6) is 0 Å². The van der Waals surface area contributed by atoms with Crippen LogP contribution < -0.4 is 11.1 Å². The van der Waals surface area contributed by atoms with Crippen molar-refractivity contribution in [3.8, 4) is 0 Å². The molecule has 8 heteroatoms. The molecule has 3 aromatic rings. The van der Waals surface area contributed by atoms with Crippen LogP contribution >= 0.6 is 0 Å². The summed E-state index contributed by atoms with van der Waals surface area (Å²) < 4.78 is 19.8. The van der Waals surface area contributed by atoms with E-state index in [-0.39, 0.29) is 36.3 Å². The maximum atomic E-state index is 13.1. The number of rotatable bonds is 3. The van der Waals surface area contributed by atoms with Crippen molar-refractivity contribution in [3.05, 3.63) is 80.6 Å². The van der Waals surface area contributed by atoms with E-state index in [9.17, 15) is 18.8 Å². The van der Waals surface area contributed by atoms with Crippen LogP contribution in [0.25, 0.3) is 10.8 Å². The summed E-state index contributed by atoms with van der Waals surface area (Å²) in [6.45, 7) is 0.728. The Morgan fingerprint density at radius 2 is 1.82 bits per heavy atom. The molecule has 1 fully saturated rings. The van der Waals surface area contributed by atoms with E-state index >= 15 is 0 Å². The quantitative estimate of drug-likeness (QED) is 0.742. The van der Waals surface area contributed by atoms with Crippen LogP contribution in [0.15, 0.2) is 58.1 Å². The van der Waals surface area contributed by atoms with E-state index in [1.807, 2.05) is 0 Å². The number of H-pyrrole nitrogens is 1. The lowest BCUT2D eigenvalue weighted by molar-refractivity contribution is -0.139. The molecular weight excluding hydrogens is 365 g/mol. The maximum absolute atomic E-state index is 13.1. The average Bonchev–Trinajstić information content (AvgIpc) is 2.72. The molecule has 4 rings (SSSR count). The fourth-order valence-electron chi connectivity index (χ4n) is 3.35. The zero-order chi connectivity index (χ0) is 19.7. The molecule has 2 aromatic carbocycles. The largest absolute Gasteiger partial charge is 0.370 e. The Bertz CT molecular complexity index is 1140. The SMILES string of the molecule is O=C(Cn1[nH]c(=O)c2ccccc2c1=O)N1CCOC(c2ccc(F)cc2)C1. The molecular formula is C20H18FN3O4. The van der Waals surface area contributed by atoms with Crippen LogP contribution in [0.2, 0.25) is 0 Å². The zero-order valence-corrected chi connectivity index (χ0v) is 14.9. The number of morpholine rings is 1. The molecule has 1 aliphatic heterocycles. The molecule has 1 N–H and O–H groups in total. The molecule has 144 valence electrons. The Morgan fingerprint density at radius 1 is 1.11 bits per heavy atom. The number of nitrogens with one attached hydrogen (secondary N) is 1. The van der Waals surface area contributed by atoms with Gasteiger partial charge in [0, 0.05) is 6.54 Å². The van der Waals surface area contributed by atoms with Crippen molar-refractivity contribution >= 4 is 16.7 Å². The third-order valence-electron chi connectivity index (χ3n) is 4.84. The fourth-order valence-corrected chi connectivity index (χ4v) is 3.35. The molecule has 0 aliphatic carbocycles. The molecule has 0 saturated carbocycles. The summed E-state index contributed by atoms with van der Waals surface area (Å²) in [6.07, 6.45) is -0.370. The minimum atomic E-state index is -0.424. The lowest BCUT2D eigenvalue weighted by Crippen LogP contribution is -2.45. The van der Waals surface area contributed by atoms with E-state index in [1.165, 1.54) is 12.1 Å². The van der Waals surface area contributed by atoms with Crippen LogP contribution in [-0.2, 0) is 16.1 Å². The van der Waals surface area contributed by atoms with Gasteiger partial charge in [-0.2, -0.15) is 0 Å². The summed E-state index contributed by atoms with van der Waals surface area (Å²) in [5, 5.41) is 3.03. The summed E-state index contributed by atoms with van der Waals surface area (Å²) in [4.78, 5) is 39.1. The smallest absolute Gasteiger partial charge is 0.273 e. The van der Waals surface area contributed by atoms with Gasteiger partial charge in [-0.25, -0.2) is 9.07 Å². The van der Waals surface area contributed by atoms with Crippen LogP contribution in [-0.4, -0.2) is 40.3 Å². The van der Waals surface area contributed by atoms with E-state index in [0.717, 1.165) is 10.2 Å². The van der Waals surface area contributed by atoms with E-state index in [1.54, 1.807) is 41.3 Å². The number of amides is 1. The molecule has 1 saturated heterocycles. The van der Waals surface area contributed by atoms with Gasteiger partial charge in [-0.05, 0) is 29.8 Å². The minimum Gasteiger partial charge on any atom is -0.370 e. The first-order valence-corrected chi connectivity index (χ1v) is 8.89. The normalized spacial score (nSPS) is 17.0.